The maximum Gasteiger partial charge on any atom is 0.490 e. The van der Waals surface area contributed by atoms with Crippen molar-refractivity contribution in [1.29, 1.82) is 0 Å². The van der Waals surface area contributed by atoms with Crippen LogP contribution >= 0.6 is 23.5 Å². The minimum atomic E-state index is -5.86. The molecule has 1 fully saturated rings. The number of aliphatic hydroxyl groups is 2. The predicted octanol–water partition coefficient (Wildman–Crippen LogP) is 1.20. The van der Waals surface area contributed by atoms with Crippen molar-refractivity contribution in [3.8, 4) is 0 Å². The number of carbonyl (C=O) groups excluding carboxylic acids is 1. The lowest BCUT2D eigenvalue weighted by atomic mass is 10.1. The average Bonchev–Trinajstić information content (AvgIpc) is 3.52. The van der Waals surface area contributed by atoms with Crippen LogP contribution in [0.2, 0.25) is 0 Å². The van der Waals surface area contributed by atoms with Crippen molar-refractivity contribution in [3.63, 3.8) is 0 Å². The fraction of sp³-hybridized carbons (Fsp3) is 0.395. The summed E-state index contributed by atoms with van der Waals surface area (Å²) < 4.78 is 94.8. The third kappa shape index (κ3) is 15.1. The summed E-state index contributed by atoms with van der Waals surface area (Å²) in [6.07, 6.45) is 1.92. The highest BCUT2D eigenvalue weighted by Gasteiger charge is 2.47. The first-order valence-corrected chi connectivity index (χ1v) is 26.3. The lowest BCUT2D eigenvalue weighted by molar-refractivity contribution is -0.700. The second kappa shape index (κ2) is 22.8. The van der Waals surface area contributed by atoms with E-state index in [4.69, 9.17) is 18.9 Å². The minimum absolute atomic E-state index is 0.0718. The second-order valence-electron chi connectivity index (χ2n) is 14.9. The van der Waals surface area contributed by atoms with Gasteiger partial charge in [0.05, 0.1) is 17.7 Å². The number of aromatic nitrogens is 3. The summed E-state index contributed by atoms with van der Waals surface area (Å²) in [5, 5.41) is 24.3. The Morgan fingerprint density at radius 1 is 0.941 bits per heavy atom. The van der Waals surface area contributed by atoms with Crippen molar-refractivity contribution in [2.24, 2.45) is 0 Å². The maximum absolute atomic E-state index is 12.9. The molecule has 4 heterocycles. The summed E-state index contributed by atoms with van der Waals surface area (Å²) in [6.45, 7) is 4.59. The monoisotopic (exact) mass is 1040 g/mol. The molecule has 1 aliphatic heterocycles. The van der Waals surface area contributed by atoms with Gasteiger partial charge in [-0.1, -0.05) is 12.2 Å². The number of hydrogen-bond acceptors (Lipinski definition) is 18. The van der Waals surface area contributed by atoms with Crippen molar-refractivity contribution < 1.29 is 88.1 Å². The summed E-state index contributed by atoms with van der Waals surface area (Å²) in [6, 6.07) is 9.86. The first-order valence-electron chi connectivity index (χ1n) is 20.4. The summed E-state index contributed by atoms with van der Waals surface area (Å²) >= 11 is 0. The largest absolute Gasteiger partial charge is 0.744 e. The molecule has 1 aliphatic rings. The molecule has 30 heteroatoms. The third-order valence-electron chi connectivity index (χ3n) is 10.1. The van der Waals surface area contributed by atoms with Gasteiger partial charge >= 0.3 is 34.8 Å². The Hall–Kier alpha value is -4.79. The Morgan fingerprint density at radius 3 is 2.34 bits per heavy atom. The van der Waals surface area contributed by atoms with Crippen molar-refractivity contribution in [3.05, 3.63) is 103 Å². The van der Waals surface area contributed by atoms with Crippen LogP contribution in [0.25, 0.3) is 29.2 Å². The Bertz CT molecular complexity index is 2980. The Labute approximate surface area is 385 Å². The molecular weight excluding hydrogens is 987 g/mol. The highest BCUT2D eigenvalue weighted by atomic mass is 32.2. The zero-order valence-electron chi connectivity index (χ0n) is 36.0. The SMILES string of the molecule is CCN(CC)c1ccc2cc(/C=C/c3ccc(S(=O)(=O)[O-])c[n+]3CCCCCC(=O)NC/C=C/c3cn([C@@H]4O[C@H](COP(=O)(O)OP(=O)(O)OP(=O)(O)O)[C@@H](O)[C@H]4O)c(=O)[nH]c3=O)c(=O)oc2c1. The quantitative estimate of drug-likeness (QED) is 0.0170. The minimum Gasteiger partial charge on any atom is -0.744 e. The van der Waals surface area contributed by atoms with Crippen molar-refractivity contribution >= 4 is 74.4 Å². The molecule has 8 N–H and O–H groups in total. The van der Waals surface area contributed by atoms with E-state index < -0.39 is 86.5 Å². The van der Waals surface area contributed by atoms with Crippen LogP contribution in [-0.2, 0) is 53.0 Å². The Morgan fingerprint density at radius 2 is 1.66 bits per heavy atom. The van der Waals surface area contributed by atoms with Gasteiger partial charge in [-0.15, -0.1) is 0 Å². The summed E-state index contributed by atoms with van der Waals surface area (Å²) in [7, 11) is -22.0. The number of fused-ring (bicyclic) bond motifs is 1. The van der Waals surface area contributed by atoms with Crippen LogP contribution in [0.3, 0.4) is 0 Å². The molecule has 0 bridgehead atoms. The standard InChI is InChI=1S/C38H48N5O21P3S/c1-3-41(4-2)28-14-11-24-19-25(37(48)62-30(24)20-28)12-13-27-15-16-29(68(57,58)59)22-42(27)18-7-5-6-10-32(44)39-17-8-9-26-21-43(38(49)40-35(26)47)36-34(46)33(45)31(61-36)23-60-66(53,54)64-67(55,56)63-65(50,51)52/h8-9,11-16,19-22,31,33-34,36,45-46H,3-7,10,17-18,23H2,1-2H3,(H6-,39,40,44,47,49,50,51,52,53,54,55,56,57,58,59)/b9-8+/t31-,33-,34-,36-/m1/s1. The molecule has 1 aromatic carbocycles. The van der Waals surface area contributed by atoms with Crippen LogP contribution in [0.15, 0.2) is 78.6 Å². The molecule has 0 aliphatic carbocycles. The Balaban J connectivity index is 1.13. The van der Waals surface area contributed by atoms with E-state index >= 15 is 0 Å². The van der Waals surface area contributed by atoms with Crippen LogP contribution in [0.5, 0.6) is 0 Å². The van der Waals surface area contributed by atoms with E-state index in [1.807, 2.05) is 31.0 Å². The number of nitrogens with one attached hydrogen (secondary N) is 2. The van der Waals surface area contributed by atoms with E-state index in [1.54, 1.807) is 22.8 Å². The number of hydrogen-bond donors (Lipinski definition) is 8. The van der Waals surface area contributed by atoms with E-state index in [-0.39, 0.29) is 36.5 Å². The fourth-order valence-electron chi connectivity index (χ4n) is 6.79. The van der Waals surface area contributed by atoms with Gasteiger partial charge in [-0.05, 0) is 57.0 Å². The predicted molar refractivity (Wildman–Crippen MR) is 237 cm³/mol. The first kappa shape index (κ1) is 54.2. The van der Waals surface area contributed by atoms with E-state index in [0.29, 0.717) is 40.5 Å². The molecule has 2 unspecified atom stereocenters. The number of ether oxygens (including phenoxy) is 1. The number of aliphatic hydroxyl groups excluding tert-OH is 2. The van der Waals surface area contributed by atoms with E-state index in [0.717, 1.165) is 31.0 Å². The van der Waals surface area contributed by atoms with Gasteiger partial charge in [0.25, 0.3) is 5.56 Å². The number of aromatic amines is 1. The van der Waals surface area contributed by atoms with Crippen molar-refractivity contribution in [1.82, 2.24) is 14.9 Å². The van der Waals surface area contributed by atoms with Crippen LogP contribution in [0.4, 0.5) is 5.69 Å². The van der Waals surface area contributed by atoms with E-state index in [1.165, 1.54) is 30.5 Å². The van der Waals surface area contributed by atoms with Crippen LogP contribution in [0, 0.1) is 0 Å². The third-order valence-corrected chi connectivity index (χ3v) is 14.7. The average molecular weight is 1040 g/mol. The number of pyridine rings is 1. The fourth-order valence-corrected chi connectivity index (χ4v) is 10.3. The molecule has 372 valence electrons. The maximum atomic E-state index is 12.9. The van der Waals surface area contributed by atoms with Crippen molar-refractivity contribution in [2.45, 2.75) is 75.5 Å². The topological polar surface area (TPSA) is 388 Å². The lowest BCUT2D eigenvalue weighted by Gasteiger charge is -2.20. The van der Waals surface area contributed by atoms with Crippen molar-refractivity contribution in [2.75, 3.05) is 31.1 Å². The number of nitrogens with zero attached hydrogens (tertiary/aromatic N) is 3. The van der Waals surface area contributed by atoms with Gasteiger partial charge in [-0.25, -0.2) is 31.7 Å². The molecule has 4 aromatic rings. The van der Waals surface area contributed by atoms with Gasteiger partial charge in [-0.3, -0.25) is 23.7 Å². The van der Waals surface area contributed by atoms with Gasteiger partial charge in [0.15, 0.2) is 12.4 Å². The zero-order chi connectivity index (χ0) is 50.2. The molecular formula is C38H48N5O21P3S. The number of anilines is 1. The summed E-state index contributed by atoms with van der Waals surface area (Å²) in [5.41, 5.74) is -0.740. The number of phosphoric ester groups is 1. The number of unbranched alkanes of at least 4 members (excludes halogenated alkanes) is 2. The summed E-state index contributed by atoms with van der Waals surface area (Å²) in [5.74, 6) is -0.374. The van der Waals surface area contributed by atoms with Crippen LogP contribution in [-0.4, -0.2) is 103 Å². The molecule has 0 radical (unpaired) electrons. The molecule has 26 nitrogen and oxygen atoms in total. The van der Waals surface area contributed by atoms with Gasteiger partial charge in [0, 0.05) is 68.0 Å². The molecule has 0 saturated carbocycles. The Kier molecular flexibility index (Phi) is 18.1. The number of benzene rings is 1. The molecule has 6 atom stereocenters. The summed E-state index contributed by atoms with van der Waals surface area (Å²) in [4.78, 5) is 90.6. The molecule has 1 saturated heterocycles. The van der Waals surface area contributed by atoms with Crippen LogP contribution < -0.4 is 31.7 Å². The molecule has 1 amide bonds. The number of amides is 1. The molecule has 0 spiro atoms. The number of rotatable bonds is 23. The molecule has 68 heavy (non-hydrogen) atoms. The molecule has 3 aromatic heterocycles. The first-order chi connectivity index (χ1) is 31.8. The van der Waals surface area contributed by atoms with E-state index in [9.17, 15) is 65.8 Å². The number of H-pyrrole nitrogens is 1. The highest BCUT2D eigenvalue weighted by molar-refractivity contribution is 7.85. The normalized spacial score (nSPS) is 19.7. The van der Waals surface area contributed by atoms with Gasteiger partial charge < -0.3 is 53.7 Å². The van der Waals surface area contributed by atoms with Gasteiger partial charge in [-0.2, -0.15) is 13.2 Å². The number of carbonyl (C=O) groups is 1. The van der Waals surface area contributed by atoms with Gasteiger partial charge in [0.2, 0.25) is 11.6 Å². The second-order valence-corrected chi connectivity index (χ2v) is 20.7. The molecule has 5 rings (SSSR count). The lowest BCUT2D eigenvalue weighted by Crippen LogP contribution is -2.38. The number of phosphoric acid groups is 3. The highest BCUT2D eigenvalue weighted by Crippen LogP contribution is 2.66. The van der Waals surface area contributed by atoms with E-state index in [2.05, 4.69) is 23.4 Å². The van der Waals surface area contributed by atoms with Crippen LogP contribution in [0.1, 0.15) is 62.6 Å². The zero-order valence-corrected chi connectivity index (χ0v) is 39.5. The smallest absolute Gasteiger partial charge is 0.490 e. The van der Waals surface area contributed by atoms with Gasteiger partial charge in [0.1, 0.15) is 45.5 Å². The number of aryl methyl sites for hydroxylation is 1.